The third-order valence-corrected chi connectivity index (χ3v) is 8.38. The largest absolute Gasteiger partial charge is 0.393 e. The molecule has 8 unspecified atom stereocenters. The predicted octanol–water partition coefficient (Wildman–Crippen LogP) is 3.58. The smallest absolute Gasteiger partial charge is 0.189 e. The number of rotatable bonds is 1. The van der Waals surface area contributed by atoms with Gasteiger partial charge in [-0.25, -0.2) is 0 Å². The number of thiol groups is 1. The maximum atomic E-state index is 12.2. The van der Waals surface area contributed by atoms with Crippen LogP contribution in [0.25, 0.3) is 0 Å². The molecule has 4 aliphatic carbocycles. The molecule has 0 amide bonds. The monoisotopic (exact) mass is 360 g/mol. The molecule has 0 spiro atoms. The van der Waals surface area contributed by atoms with Crippen LogP contribution in [0.3, 0.4) is 0 Å². The Hall–Kier alpha value is -0.870. The Morgan fingerprint density at radius 2 is 2.08 bits per heavy atom. The minimum absolute atomic E-state index is 0.0195. The number of carbonyl (C=O) groups is 2. The summed E-state index contributed by atoms with van der Waals surface area (Å²) in [5.41, 5.74) is 0.783. The second-order valence-corrected chi connectivity index (χ2v) is 9.77. The molecule has 4 aliphatic rings. The van der Waals surface area contributed by atoms with Crippen molar-refractivity contribution in [2.45, 2.75) is 52.6 Å². The van der Waals surface area contributed by atoms with Gasteiger partial charge in [0.2, 0.25) is 0 Å². The highest BCUT2D eigenvalue weighted by atomic mass is 32.1. The van der Waals surface area contributed by atoms with Gasteiger partial charge in [0.25, 0.3) is 0 Å². The molecule has 25 heavy (non-hydrogen) atoms. The van der Waals surface area contributed by atoms with Crippen LogP contribution in [0.15, 0.2) is 23.8 Å². The fraction of sp³-hybridized carbons (Fsp3) is 0.714. The summed E-state index contributed by atoms with van der Waals surface area (Å²) in [6.07, 6.45) is 8.67. The number of aliphatic hydroxyl groups is 1. The topological polar surface area (TPSA) is 54.4 Å². The average molecular weight is 361 g/mol. The quantitative estimate of drug-likeness (QED) is 0.703. The van der Waals surface area contributed by atoms with Crippen molar-refractivity contribution in [3.05, 3.63) is 23.8 Å². The lowest BCUT2D eigenvalue weighted by atomic mass is 9.47. The van der Waals surface area contributed by atoms with Crippen molar-refractivity contribution in [2.75, 3.05) is 0 Å². The number of allylic oxidation sites excluding steroid dienone is 4. The van der Waals surface area contributed by atoms with Gasteiger partial charge in [0.15, 0.2) is 10.9 Å². The van der Waals surface area contributed by atoms with E-state index in [0.29, 0.717) is 24.2 Å². The van der Waals surface area contributed by atoms with E-state index in [4.69, 9.17) is 0 Å². The predicted molar refractivity (Wildman–Crippen MR) is 100 cm³/mol. The van der Waals surface area contributed by atoms with Crippen LogP contribution in [0, 0.1) is 40.4 Å². The molecule has 3 nitrogen and oxygen atoms in total. The average Bonchev–Trinajstić information content (AvgIpc) is 2.77. The van der Waals surface area contributed by atoms with E-state index in [0.717, 1.165) is 19.3 Å². The molecule has 0 radical (unpaired) electrons. The number of hydrogen-bond acceptors (Lipinski definition) is 3. The van der Waals surface area contributed by atoms with Crippen LogP contribution in [-0.2, 0) is 9.59 Å². The number of fused-ring (bicyclic) bond motifs is 5. The van der Waals surface area contributed by atoms with Gasteiger partial charge in [-0.2, -0.15) is 0 Å². The number of hydrogen-bond donors (Lipinski definition) is 2. The lowest BCUT2D eigenvalue weighted by Crippen LogP contribution is -2.56. The van der Waals surface area contributed by atoms with Gasteiger partial charge in [0, 0.05) is 17.3 Å². The highest BCUT2D eigenvalue weighted by Gasteiger charge is 2.63. The first-order valence-corrected chi connectivity index (χ1v) is 9.98. The molecule has 3 saturated carbocycles. The van der Waals surface area contributed by atoms with Crippen molar-refractivity contribution in [3.8, 4) is 0 Å². The maximum absolute atomic E-state index is 12.2. The Bertz CT molecular complexity index is 695. The minimum Gasteiger partial charge on any atom is -0.393 e. The first-order valence-electron chi connectivity index (χ1n) is 9.53. The van der Waals surface area contributed by atoms with Gasteiger partial charge < -0.3 is 5.11 Å². The van der Waals surface area contributed by atoms with Crippen molar-refractivity contribution in [3.63, 3.8) is 0 Å². The molecule has 3 fully saturated rings. The summed E-state index contributed by atoms with van der Waals surface area (Å²) in [6, 6.07) is 0. The van der Waals surface area contributed by atoms with Crippen molar-refractivity contribution >= 4 is 23.5 Å². The zero-order chi connectivity index (χ0) is 18.1. The highest BCUT2D eigenvalue weighted by Crippen LogP contribution is 2.67. The molecule has 0 aromatic heterocycles. The van der Waals surface area contributed by atoms with Crippen molar-refractivity contribution in [1.29, 1.82) is 0 Å². The number of aliphatic hydroxyl groups excluding tert-OH is 1. The fourth-order valence-corrected chi connectivity index (χ4v) is 7.77. The van der Waals surface area contributed by atoms with Crippen LogP contribution in [0.5, 0.6) is 0 Å². The Morgan fingerprint density at radius 3 is 2.76 bits per heavy atom. The first kappa shape index (κ1) is 17.5. The highest BCUT2D eigenvalue weighted by molar-refractivity contribution is 7.96. The van der Waals surface area contributed by atoms with E-state index in [9.17, 15) is 14.7 Å². The Kier molecular flexibility index (Phi) is 3.90. The Labute approximate surface area is 155 Å². The zero-order valence-electron chi connectivity index (χ0n) is 15.2. The van der Waals surface area contributed by atoms with Crippen molar-refractivity contribution in [2.24, 2.45) is 40.4 Å². The standard InChI is InChI=1S/C21H28O3S/c1-11-8-15-14-5-4-12-9-13(22)6-7-20(12,2)18(14)16(23)10-21(15,3)17(11)19(24)25/h6-7,9,11,14-18,23H,4-5,8,10H2,1-3H3,(H,24,25). The van der Waals surface area contributed by atoms with E-state index in [-0.39, 0.29) is 33.6 Å². The number of ketones is 1. The second-order valence-electron chi connectivity index (χ2n) is 9.33. The maximum Gasteiger partial charge on any atom is 0.189 e. The lowest BCUT2D eigenvalue weighted by Gasteiger charge is -2.58. The van der Waals surface area contributed by atoms with Crippen LogP contribution in [0.4, 0.5) is 0 Å². The molecule has 8 atom stereocenters. The molecule has 1 N–H and O–H groups in total. The lowest BCUT2D eigenvalue weighted by molar-refractivity contribution is -0.133. The molecule has 0 aliphatic heterocycles. The third-order valence-electron chi connectivity index (χ3n) is 8.10. The van der Waals surface area contributed by atoms with Gasteiger partial charge >= 0.3 is 0 Å². The molecular formula is C21H28O3S. The molecule has 0 aromatic carbocycles. The Balaban J connectivity index is 1.76. The molecular weight excluding hydrogens is 332 g/mol. The summed E-state index contributed by atoms with van der Waals surface area (Å²) in [5.74, 6) is 1.30. The van der Waals surface area contributed by atoms with Gasteiger partial charge in [0.1, 0.15) is 0 Å². The van der Waals surface area contributed by atoms with Crippen LogP contribution in [0.2, 0.25) is 0 Å². The van der Waals surface area contributed by atoms with Gasteiger partial charge in [-0.1, -0.05) is 32.4 Å². The van der Waals surface area contributed by atoms with Gasteiger partial charge in [0.05, 0.1) is 6.10 Å². The van der Waals surface area contributed by atoms with Crippen LogP contribution in [-0.4, -0.2) is 22.1 Å². The molecule has 0 aromatic rings. The van der Waals surface area contributed by atoms with Crippen LogP contribution >= 0.6 is 12.6 Å². The molecule has 4 heteroatoms. The Morgan fingerprint density at radius 1 is 1.36 bits per heavy atom. The molecule has 0 bridgehead atoms. The van der Waals surface area contributed by atoms with E-state index in [1.807, 2.05) is 6.08 Å². The first-order chi connectivity index (χ1) is 11.7. The minimum atomic E-state index is -0.446. The van der Waals surface area contributed by atoms with Gasteiger partial charge in [-0.3, -0.25) is 9.59 Å². The number of carbonyl (C=O) groups excluding carboxylic acids is 2. The van der Waals surface area contributed by atoms with Crippen molar-refractivity contribution < 1.29 is 14.7 Å². The third kappa shape index (κ3) is 2.29. The van der Waals surface area contributed by atoms with Crippen LogP contribution < -0.4 is 0 Å². The summed E-state index contributed by atoms with van der Waals surface area (Å²) >= 11 is 4.19. The molecule has 0 saturated heterocycles. The summed E-state index contributed by atoms with van der Waals surface area (Å²) in [7, 11) is 0. The van der Waals surface area contributed by atoms with E-state index in [1.54, 1.807) is 12.2 Å². The second kappa shape index (κ2) is 5.56. The van der Waals surface area contributed by atoms with E-state index >= 15 is 0 Å². The normalized spacial score (nSPS) is 51.4. The zero-order valence-corrected chi connectivity index (χ0v) is 16.1. The molecule has 136 valence electrons. The van der Waals surface area contributed by atoms with Crippen LogP contribution in [0.1, 0.15) is 46.5 Å². The van der Waals surface area contributed by atoms with E-state index < -0.39 is 6.10 Å². The summed E-state index contributed by atoms with van der Waals surface area (Å²) < 4.78 is 0. The fourth-order valence-electron chi connectivity index (χ4n) is 7.22. The summed E-state index contributed by atoms with van der Waals surface area (Å²) in [4.78, 5) is 24.1. The van der Waals surface area contributed by atoms with Crippen molar-refractivity contribution in [1.82, 2.24) is 0 Å². The molecule has 0 heterocycles. The molecule has 4 rings (SSSR count). The van der Waals surface area contributed by atoms with Gasteiger partial charge in [-0.05, 0) is 61.0 Å². The van der Waals surface area contributed by atoms with E-state index in [1.165, 1.54) is 5.57 Å². The van der Waals surface area contributed by atoms with E-state index in [2.05, 4.69) is 33.4 Å². The summed E-state index contributed by atoms with van der Waals surface area (Å²) in [6.45, 7) is 6.55. The van der Waals surface area contributed by atoms with Gasteiger partial charge in [-0.15, -0.1) is 12.6 Å². The summed E-state index contributed by atoms with van der Waals surface area (Å²) in [5, 5.41) is 11.2. The SMILES string of the molecule is CC1CC2C3CCC4=CC(=O)C=CC4(C)C3C(O)CC2(C)C1C(=O)S.